The third-order valence-electron chi connectivity index (χ3n) is 4.92. The zero-order valence-electron chi connectivity index (χ0n) is 14.9. The minimum Gasteiger partial charge on any atom is -0.299 e. The Hall–Kier alpha value is -2.30. The van der Waals surface area contributed by atoms with Crippen LogP contribution in [0.4, 0.5) is 5.69 Å². The van der Waals surface area contributed by atoms with E-state index >= 15 is 0 Å². The molecule has 5 nitrogen and oxygen atoms in total. The first-order chi connectivity index (χ1) is 12.1. The van der Waals surface area contributed by atoms with E-state index in [9.17, 15) is 9.59 Å². The minimum atomic E-state index is -0.0387. The molecule has 2 atom stereocenters. The van der Waals surface area contributed by atoms with Gasteiger partial charge in [0, 0.05) is 24.5 Å². The molecule has 2 aliphatic rings. The van der Waals surface area contributed by atoms with Gasteiger partial charge in [-0.05, 0) is 37.0 Å². The smallest absolute Gasteiger partial charge is 0.240 e. The number of nitrogens with one attached hydrogen (secondary N) is 1. The first-order valence-electron chi connectivity index (χ1n) is 9.15. The van der Waals surface area contributed by atoms with Gasteiger partial charge in [-0.25, -0.2) is 5.43 Å². The topological polar surface area (TPSA) is 70.9 Å². The summed E-state index contributed by atoms with van der Waals surface area (Å²) in [5.74, 6) is 0.403. The molecule has 0 saturated heterocycles. The number of carbonyl (C=O) groups is 2. The number of hydrogen-bond donors (Lipinski definition) is 1. The highest BCUT2D eigenvalue weighted by molar-refractivity contribution is 6.08. The Morgan fingerprint density at radius 3 is 2.64 bits per heavy atom. The van der Waals surface area contributed by atoms with Crippen LogP contribution >= 0.6 is 0 Å². The number of rotatable bonds is 4. The summed E-state index contributed by atoms with van der Waals surface area (Å²) in [5, 5.41) is 4.19. The third kappa shape index (κ3) is 4.03. The first kappa shape index (κ1) is 17.5. The predicted octanol–water partition coefficient (Wildman–Crippen LogP) is 3.79. The van der Waals surface area contributed by atoms with E-state index in [0.29, 0.717) is 18.6 Å². The van der Waals surface area contributed by atoms with Crippen LogP contribution < -0.4 is 5.43 Å². The highest BCUT2D eigenvalue weighted by Gasteiger charge is 2.27. The van der Waals surface area contributed by atoms with Crippen molar-refractivity contribution in [1.29, 1.82) is 0 Å². The molecule has 1 saturated carbocycles. The number of carbonyl (C=O) groups excluding carboxylic acids is 2. The number of amides is 1. The van der Waals surface area contributed by atoms with Crippen molar-refractivity contribution in [3.05, 3.63) is 29.8 Å². The summed E-state index contributed by atoms with van der Waals surface area (Å²) in [5.41, 5.74) is 6.36. The van der Waals surface area contributed by atoms with Crippen molar-refractivity contribution < 1.29 is 9.59 Å². The number of benzene rings is 1. The maximum Gasteiger partial charge on any atom is 0.240 e. The van der Waals surface area contributed by atoms with Crippen molar-refractivity contribution in [3.8, 4) is 0 Å². The molecule has 2 unspecified atom stereocenters. The lowest BCUT2D eigenvalue weighted by atomic mass is 9.83. The van der Waals surface area contributed by atoms with Crippen LogP contribution in [0.3, 0.4) is 0 Å². The Morgan fingerprint density at radius 2 is 1.96 bits per heavy atom. The zero-order chi connectivity index (χ0) is 17.8. The van der Waals surface area contributed by atoms with Gasteiger partial charge in [-0.1, -0.05) is 32.4 Å². The molecular formula is C20H25N3O2. The SMILES string of the molecule is CCCC1C(=O)CCCC1=Nc1ccc(C2=NNC(=O)CC2C)cc1. The standard InChI is InChI=1S/C20H25N3O2/c1-3-5-16-17(6-4-7-18(16)24)21-15-10-8-14(9-11-15)20-13(2)12-19(25)22-23-20/h8-11,13,16H,3-7,12H2,1-2H3,(H,22,25). The van der Waals surface area contributed by atoms with Gasteiger partial charge in [0.1, 0.15) is 5.78 Å². The fraction of sp³-hybridized carbons (Fsp3) is 0.500. The van der Waals surface area contributed by atoms with E-state index < -0.39 is 0 Å². The molecule has 1 fully saturated rings. The lowest BCUT2D eigenvalue weighted by Crippen LogP contribution is -2.31. The van der Waals surface area contributed by atoms with Gasteiger partial charge in [0.25, 0.3) is 0 Å². The lowest BCUT2D eigenvalue weighted by molar-refractivity contribution is -0.122. The summed E-state index contributed by atoms with van der Waals surface area (Å²) >= 11 is 0. The van der Waals surface area contributed by atoms with Crippen molar-refractivity contribution in [3.63, 3.8) is 0 Å². The quantitative estimate of drug-likeness (QED) is 0.906. The summed E-state index contributed by atoms with van der Waals surface area (Å²) in [4.78, 5) is 28.3. The fourth-order valence-electron chi connectivity index (χ4n) is 3.60. The van der Waals surface area contributed by atoms with Gasteiger partial charge in [0.15, 0.2) is 0 Å². The van der Waals surface area contributed by atoms with Crippen LogP contribution in [0.1, 0.15) is 57.9 Å². The number of hydrazone groups is 1. The van der Waals surface area contributed by atoms with Crippen LogP contribution in [0.2, 0.25) is 0 Å². The lowest BCUT2D eigenvalue weighted by Gasteiger charge is -2.22. The molecule has 132 valence electrons. The Labute approximate surface area is 148 Å². The number of Topliss-reactive ketones (excluding diaryl/α,β-unsaturated/α-hetero) is 1. The maximum absolute atomic E-state index is 12.2. The Kier molecular flexibility index (Phi) is 5.41. The summed E-state index contributed by atoms with van der Waals surface area (Å²) in [6.07, 6.45) is 4.86. The van der Waals surface area contributed by atoms with E-state index in [0.717, 1.165) is 48.4 Å². The second kappa shape index (κ2) is 7.72. The van der Waals surface area contributed by atoms with Crippen LogP contribution in [0.5, 0.6) is 0 Å². The van der Waals surface area contributed by atoms with Gasteiger partial charge in [-0.3, -0.25) is 14.6 Å². The molecule has 0 aromatic heterocycles. The van der Waals surface area contributed by atoms with Crippen LogP contribution in [0.25, 0.3) is 0 Å². The van der Waals surface area contributed by atoms with Crippen LogP contribution in [0.15, 0.2) is 34.4 Å². The minimum absolute atomic E-state index is 0.00335. The second-order valence-electron chi connectivity index (χ2n) is 6.95. The third-order valence-corrected chi connectivity index (χ3v) is 4.92. The molecule has 1 aliphatic heterocycles. The molecule has 1 heterocycles. The molecule has 0 bridgehead atoms. The van der Waals surface area contributed by atoms with Crippen molar-refractivity contribution >= 4 is 28.8 Å². The molecule has 25 heavy (non-hydrogen) atoms. The highest BCUT2D eigenvalue weighted by Crippen LogP contribution is 2.26. The number of hydrogen-bond acceptors (Lipinski definition) is 4. The van der Waals surface area contributed by atoms with Crippen LogP contribution in [-0.2, 0) is 9.59 Å². The van der Waals surface area contributed by atoms with Gasteiger partial charge in [-0.15, -0.1) is 0 Å². The molecule has 1 aliphatic carbocycles. The Morgan fingerprint density at radius 1 is 1.20 bits per heavy atom. The molecule has 1 aromatic carbocycles. The van der Waals surface area contributed by atoms with Crippen LogP contribution in [-0.4, -0.2) is 23.1 Å². The van der Waals surface area contributed by atoms with E-state index in [-0.39, 0.29) is 17.7 Å². The highest BCUT2D eigenvalue weighted by atomic mass is 16.2. The van der Waals surface area contributed by atoms with Crippen LogP contribution in [0, 0.1) is 11.8 Å². The van der Waals surface area contributed by atoms with E-state index in [1.807, 2.05) is 31.2 Å². The normalized spacial score (nSPS) is 25.7. The summed E-state index contributed by atoms with van der Waals surface area (Å²) in [6, 6.07) is 7.92. The largest absolute Gasteiger partial charge is 0.299 e. The fourth-order valence-corrected chi connectivity index (χ4v) is 3.60. The van der Waals surface area contributed by atoms with Gasteiger partial charge < -0.3 is 0 Å². The van der Waals surface area contributed by atoms with Crippen molar-refractivity contribution in [2.75, 3.05) is 0 Å². The van der Waals surface area contributed by atoms with Gasteiger partial charge in [0.05, 0.1) is 17.3 Å². The maximum atomic E-state index is 12.2. The molecule has 1 aromatic rings. The first-order valence-corrected chi connectivity index (χ1v) is 9.15. The molecule has 3 rings (SSSR count). The number of aliphatic imine (C=N–C) groups is 1. The van der Waals surface area contributed by atoms with Gasteiger partial charge >= 0.3 is 0 Å². The molecule has 1 amide bonds. The van der Waals surface area contributed by atoms with Gasteiger partial charge in [0.2, 0.25) is 5.91 Å². The van der Waals surface area contributed by atoms with E-state index in [4.69, 9.17) is 4.99 Å². The van der Waals surface area contributed by atoms with E-state index in [2.05, 4.69) is 17.5 Å². The number of ketones is 1. The summed E-state index contributed by atoms with van der Waals surface area (Å²) < 4.78 is 0. The molecule has 5 heteroatoms. The Bertz CT molecular complexity index is 719. The van der Waals surface area contributed by atoms with Gasteiger partial charge in [-0.2, -0.15) is 5.10 Å². The Balaban J connectivity index is 1.80. The average molecular weight is 339 g/mol. The van der Waals surface area contributed by atoms with Crippen molar-refractivity contribution in [1.82, 2.24) is 5.43 Å². The van der Waals surface area contributed by atoms with E-state index in [1.165, 1.54) is 0 Å². The average Bonchev–Trinajstić information content (AvgIpc) is 2.59. The summed E-state index contributed by atoms with van der Waals surface area (Å²) in [6.45, 7) is 4.12. The molecular weight excluding hydrogens is 314 g/mol. The zero-order valence-corrected chi connectivity index (χ0v) is 14.9. The van der Waals surface area contributed by atoms with E-state index in [1.54, 1.807) is 0 Å². The van der Waals surface area contributed by atoms with Crippen molar-refractivity contribution in [2.24, 2.45) is 21.9 Å². The summed E-state index contributed by atoms with van der Waals surface area (Å²) in [7, 11) is 0. The molecule has 1 N–H and O–H groups in total. The van der Waals surface area contributed by atoms with Crippen molar-refractivity contribution in [2.45, 2.75) is 52.4 Å². The number of nitrogens with zero attached hydrogens (tertiary/aromatic N) is 2. The molecule has 0 spiro atoms. The molecule has 0 radical (unpaired) electrons. The second-order valence-corrected chi connectivity index (χ2v) is 6.95. The monoisotopic (exact) mass is 339 g/mol. The predicted molar refractivity (Wildman–Crippen MR) is 99.3 cm³/mol.